The number of benzene rings is 1. The van der Waals surface area contributed by atoms with Crippen LogP contribution in [0.5, 0.6) is 5.75 Å². The van der Waals surface area contributed by atoms with Crippen LogP contribution in [0.2, 0.25) is 0 Å². The maximum absolute atomic E-state index is 12.4. The third-order valence-electron chi connectivity index (χ3n) is 3.63. The highest BCUT2D eigenvalue weighted by molar-refractivity contribution is 5.78. The Hall–Kier alpha value is -2.55. The van der Waals surface area contributed by atoms with Crippen LogP contribution in [-0.2, 0) is 4.79 Å². The van der Waals surface area contributed by atoms with Crippen LogP contribution in [0.15, 0.2) is 41.3 Å². The van der Waals surface area contributed by atoms with Crippen LogP contribution >= 0.6 is 0 Å². The molecule has 9 heteroatoms. The topological polar surface area (TPSA) is 74.8 Å². The van der Waals surface area contributed by atoms with E-state index >= 15 is 0 Å². The van der Waals surface area contributed by atoms with E-state index in [1.807, 2.05) is 0 Å². The third-order valence-corrected chi connectivity index (χ3v) is 3.63. The SMILES string of the molecule is CCC(=O)NC1=CN=CC(C)(NC(C)c2cccc(OC(F)(F)F)c2)N1. The number of carbonyl (C=O) groups is 1. The molecule has 26 heavy (non-hydrogen) atoms. The summed E-state index contributed by atoms with van der Waals surface area (Å²) in [5, 5.41) is 9.02. The zero-order valence-electron chi connectivity index (χ0n) is 14.6. The van der Waals surface area contributed by atoms with Crippen molar-refractivity contribution in [2.45, 2.75) is 45.3 Å². The van der Waals surface area contributed by atoms with Crippen LogP contribution in [0.25, 0.3) is 0 Å². The minimum atomic E-state index is -4.74. The predicted molar refractivity (Wildman–Crippen MR) is 91.2 cm³/mol. The predicted octanol–water partition coefficient (Wildman–Crippen LogP) is 2.95. The van der Waals surface area contributed by atoms with Crippen LogP contribution in [0, 0.1) is 0 Å². The summed E-state index contributed by atoms with van der Waals surface area (Å²) in [7, 11) is 0. The molecule has 1 aromatic rings. The number of alkyl halides is 3. The number of carbonyl (C=O) groups excluding carboxylic acids is 1. The first kappa shape index (κ1) is 19.8. The zero-order chi connectivity index (χ0) is 19.4. The summed E-state index contributed by atoms with van der Waals surface area (Å²) >= 11 is 0. The lowest BCUT2D eigenvalue weighted by Gasteiger charge is -2.35. The van der Waals surface area contributed by atoms with Crippen LogP contribution in [0.1, 0.15) is 38.8 Å². The Labute approximate surface area is 149 Å². The Morgan fingerprint density at radius 2 is 2.15 bits per heavy atom. The minimum Gasteiger partial charge on any atom is -0.406 e. The Balaban J connectivity index is 2.06. The fourth-order valence-corrected chi connectivity index (χ4v) is 2.49. The number of nitrogens with zero attached hydrogens (tertiary/aromatic N) is 1. The summed E-state index contributed by atoms with van der Waals surface area (Å²) in [4.78, 5) is 15.6. The number of hydrogen-bond donors (Lipinski definition) is 3. The average molecular weight is 370 g/mol. The van der Waals surface area contributed by atoms with Crippen molar-refractivity contribution in [3.05, 3.63) is 41.8 Å². The lowest BCUT2D eigenvalue weighted by molar-refractivity contribution is -0.274. The molecule has 1 heterocycles. The van der Waals surface area contributed by atoms with E-state index in [-0.39, 0.29) is 17.7 Å². The third kappa shape index (κ3) is 5.76. The van der Waals surface area contributed by atoms with Gasteiger partial charge in [0.1, 0.15) is 17.2 Å². The number of rotatable bonds is 6. The highest BCUT2D eigenvalue weighted by Gasteiger charge is 2.32. The van der Waals surface area contributed by atoms with E-state index < -0.39 is 12.0 Å². The van der Waals surface area contributed by atoms with Crippen LogP contribution in [-0.4, -0.2) is 24.1 Å². The van der Waals surface area contributed by atoms with Crippen molar-refractivity contribution in [3.63, 3.8) is 0 Å². The first-order valence-corrected chi connectivity index (χ1v) is 8.06. The molecule has 0 fully saturated rings. The summed E-state index contributed by atoms with van der Waals surface area (Å²) in [6, 6.07) is 5.43. The molecule has 2 rings (SSSR count). The smallest absolute Gasteiger partial charge is 0.406 e. The van der Waals surface area contributed by atoms with Crippen molar-refractivity contribution in [1.82, 2.24) is 16.0 Å². The highest BCUT2D eigenvalue weighted by atomic mass is 19.4. The van der Waals surface area contributed by atoms with Gasteiger partial charge in [0.25, 0.3) is 0 Å². The number of ether oxygens (including phenoxy) is 1. The van der Waals surface area contributed by atoms with Crippen molar-refractivity contribution in [3.8, 4) is 5.75 Å². The van der Waals surface area contributed by atoms with Gasteiger partial charge < -0.3 is 15.4 Å². The van der Waals surface area contributed by atoms with E-state index in [1.54, 1.807) is 33.1 Å². The Morgan fingerprint density at radius 1 is 1.42 bits per heavy atom. The molecule has 0 spiro atoms. The van der Waals surface area contributed by atoms with Gasteiger partial charge in [-0.25, -0.2) is 0 Å². The van der Waals surface area contributed by atoms with E-state index in [1.165, 1.54) is 24.4 Å². The molecule has 0 saturated carbocycles. The summed E-state index contributed by atoms with van der Waals surface area (Å²) in [6.07, 6.45) is -1.31. The number of hydrogen-bond acceptors (Lipinski definition) is 5. The first-order valence-electron chi connectivity index (χ1n) is 8.06. The van der Waals surface area contributed by atoms with Gasteiger partial charge in [0, 0.05) is 18.7 Å². The van der Waals surface area contributed by atoms with Gasteiger partial charge in [-0.15, -0.1) is 13.2 Å². The molecule has 3 N–H and O–H groups in total. The normalized spacial score (nSPS) is 20.8. The second-order valence-corrected chi connectivity index (χ2v) is 6.04. The van der Waals surface area contributed by atoms with Crippen molar-refractivity contribution in [2.75, 3.05) is 0 Å². The van der Waals surface area contributed by atoms with E-state index in [9.17, 15) is 18.0 Å². The van der Waals surface area contributed by atoms with Gasteiger partial charge in [0.2, 0.25) is 5.91 Å². The molecule has 1 aliphatic heterocycles. The molecular weight excluding hydrogens is 349 g/mol. The lowest BCUT2D eigenvalue weighted by Crippen LogP contribution is -2.59. The first-order chi connectivity index (χ1) is 12.1. The molecule has 6 nitrogen and oxygen atoms in total. The van der Waals surface area contributed by atoms with Gasteiger partial charge in [-0.05, 0) is 31.5 Å². The monoisotopic (exact) mass is 370 g/mol. The second kappa shape index (κ2) is 7.77. The van der Waals surface area contributed by atoms with Gasteiger partial charge in [-0.3, -0.25) is 15.1 Å². The molecule has 0 saturated heterocycles. The lowest BCUT2D eigenvalue weighted by atomic mass is 10.1. The maximum atomic E-state index is 12.4. The maximum Gasteiger partial charge on any atom is 0.573 e. The Morgan fingerprint density at radius 3 is 2.81 bits per heavy atom. The van der Waals surface area contributed by atoms with Gasteiger partial charge >= 0.3 is 6.36 Å². The fourth-order valence-electron chi connectivity index (χ4n) is 2.49. The molecule has 1 aliphatic rings. The van der Waals surface area contributed by atoms with Gasteiger partial charge in [-0.1, -0.05) is 19.1 Å². The highest BCUT2D eigenvalue weighted by Crippen LogP contribution is 2.26. The van der Waals surface area contributed by atoms with Crippen molar-refractivity contribution in [2.24, 2.45) is 4.99 Å². The molecule has 2 unspecified atom stereocenters. The summed E-state index contributed by atoms with van der Waals surface area (Å²) in [5.41, 5.74) is -0.192. The molecule has 0 aliphatic carbocycles. The van der Waals surface area contributed by atoms with Crippen molar-refractivity contribution < 1.29 is 22.7 Å². The standard InChI is InChI=1S/C17H21F3N4O2/c1-4-15(25)22-14-9-21-10-16(3,24-14)23-11(2)12-6-5-7-13(8-12)26-17(18,19)20/h5-11,23-24H,4H2,1-3H3,(H,22,25). The van der Waals surface area contributed by atoms with Crippen molar-refractivity contribution >= 4 is 12.1 Å². The molecule has 1 aromatic carbocycles. The summed E-state index contributed by atoms with van der Waals surface area (Å²) < 4.78 is 41.1. The van der Waals surface area contributed by atoms with E-state index in [0.29, 0.717) is 17.8 Å². The molecule has 0 bridgehead atoms. The number of aliphatic imine (C=N–C) groups is 1. The largest absolute Gasteiger partial charge is 0.573 e. The number of amides is 1. The van der Waals surface area contributed by atoms with Crippen LogP contribution in [0.3, 0.4) is 0 Å². The molecule has 1 amide bonds. The average Bonchev–Trinajstić information content (AvgIpc) is 2.53. The zero-order valence-corrected chi connectivity index (χ0v) is 14.6. The van der Waals surface area contributed by atoms with E-state index in [2.05, 4.69) is 25.7 Å². The van der Waals surface area contributed by atoms with E-state index in [4.69, 9.17) is 0 Å². The van der Waals surface area contributed by atoms with Crippen LogP contribution in [0.4, 0.5) is 13.2 Å². The summed E-state index contributed by atoms with van der Waals surface area (Å²) in [6.45, 7) is 5.34. The second-order valence-electron chi connectivity index (χ2n) is 6.04. The molecule has 0 radical (unpaired) electrons. The quantitative estimate of drug-likeness (QED) is 0.720. The minimum absolute atomic E-state index is 0.159. The van der Waals surface area contributed by atoms with Gasteiger partial charge in [0.15, 0.2) is 0 Å². The Bertz CT molecular complexity index is 718. The molecule has 2 atom stereocenters. The molecule has 0 aromatic heterocycles. The molecular formula is C17H21F3N4O2. The van der Waals surface area contributed by atoms with E-state index in [0.717, 1.165) is 0 Å². The van der Waals surface area contributed by atoms with Gasteiger partial charge in [0.05, 0.1) is 6.20 Å². The Kier molecular flexibility index (Phi) is 5.91. The van der Waals surface area contributed by atoms with Gasteiger partial charge in [-0.2, -0.15) is 0 Å². The number of halogens is 3. The van der Waals surface area contributed by atoms with Crippen LogP contribution < -0.4 is 20.7 Å². The number of nitrogens with one attached hydrogen (secondary N) is 3. The fraction of sp³-hybridized carbons (Fsp3) is 0.412. The van der Waals surface area contributed by atoms with Crippen molar-refractivity contribution in [1.29, 1.82) is 0 Å². The summed E-state index contributed by atoms with van der Waals surface area (Å²) in [5.74, 6) is -0.00109. The molecule has 142 valence electrons.